The number of hydrogen-bond donors (Lipinski definition) is 2. The van der Waals surface area contributed by atoms with Crippen LogP contribution in [0.15, 0.2) is 72.8 Å². The van der Waals surface area contributed by atoms with Crippen LogP contribution in [0.3, 0.4) is 0 Å². The van der Waals surface area contributed by atoms with Gasteiger partial charge in [-0.15, -0.1) is 0 Å². The van der Waals surface area contributed by atoms with Crippen molar-refractivity contribution in [3.8, 4) is 11.1 Å². The Morgan fingerprint density at radius 3 is 2.11 bits per heavy atom. The molecule has 1 unspecified atom stereocenters. The van der Waals surface area contributed by atoms with E-state index in [1.54, 1.807) is 6.92 Å². The summed E-state index contributed by atoms with van der Waals surface area (Å²) in [6.07, 6.45) is -0.925. The van der Waals surface area contributed by atoms with Crippen LogP contribution in [-0.2, 0) is 11.3 Å². The summed E-state index contributed by atoms with van der Waals surface area (Å²) in [5.74, 6) is 0.0588. The Morgan fingerprint density at radius 1 is 0.964 bits per heavy atom. The van der Waals surface area contributed by atoms with Crippen LogP contribution in [0.25, 0.3) is 11.1 Å². The highest BCUT2D eigenvalue weighted by atomic mass is 16.5. The molecule has 0 aromatic heterocycles. The fourth-order valence-corrected chi connectivity index (χ4v) is 3.74. The molecule has 4 heteroatoms. The molecule has 28 heavy (non-hydrogen) atoms. The van der Waals surface area contributed by atoms with Crippen molar-refractivity contribution in [3.63, 3.8) is 0 Å². The van der Waals surface area contributed by atoms with Crippen LogP contribution >= 0.6 is 0 Å². The van der Waals surface area contributed by atoms with Crippen LogP contribution in [0.4, 0.5) is 4.79 Å². The summed E-state index contributed by atoms with van der Waals surface area (Å²) in [5, 5.41) is 12.4. The number of fused-ring (bicyclic) bond motifs is 3. The first-order valence-corrected chi connectivity index (χ1v) is 9.49. The van der Waals surface area contributed by atoms with Gasteiger partial charge >= 0.3 is 6.09 Å². The number of rotatable bonds is 5. The third kappa shape index (κ3) is 3.64. The Labute approximate surface area is 164 Å². The summed E-state index contributed by atoms with van der Waals surface area (Å²) in [6.45, 7) is 2.42. The van der Waals surface area contributed by atoms with Gasteiger partial charge in [0, 0.05) is 12.5 Å². The molecule has 3 aromatic rings. The molecule has 1 aliphatic carbocycles. The highest BCUT2D eigenvalue weighted by Crippen LogP contribution is 2.44. The van der Waals surface area contributed by atoms with Crippen LogP contribution in [0.1, 0.15) is 41.2 Å². The summed E-state index contributed by atoms with van der Waals surface area (Å²) in [5.41, 5.74) is 6.63. The first-order chi connectivity index (χ1) is 13.6. The first-order valence-electron chi connectivity index (χ1n) is 9.49. The summed E-state index contributed by atoms with van der Waals surface area (Å²) in [6, 6.07) is 24.1. The van der Waals surface area contributed by atoms with E-state index in [1.807, 2.05) is 48.5 Å². The SMILES string of the molecule is CC(O)c1ccc(CNC(=O)OCC2c3ccccc3-c3ccccc32)cc1. The second kappa shape index (κ2) is 7.87. The lowest BCUT2D eigenvalue weighted by atomic mass is 9.98. The molecule has 2 N–H and O–H groups in total. The predicted molar refractivity (Wildman–Crippen MR) is 109 cm³/mol. The number of carbonyl (C=O) groups excluding carboxylic acids is 1. The van der Waals surface area contributed by atoms with Crippen molar-refractivity contribution in [1.82, 2.24) is 5.32 Å². The largest absolute Gasteiger partial charge is 0.449 e. The number of amides is 1. The Morgan fingerprint density at radius 2 is 1.54 bits per heavy atom. The van der Waals surface area contributed by atoms with Crippen LogP contribution in [-0.4, -0.2) is 17.8 Å². The number of ether oxygens (including phenoxy) is 1. The van der Waals surface area contributed by atoms with Gasteiger partial charge in [0.05, 0.1) is 6.10 Å². The number of nitrogens with one attached hydrogen (secondary N) is 1. The standard InChI is InChI=1S/C24H23NO3/c1-16(26)18-12-10-17(11-13-18)14-25-24(27)28-15-23-21-8-4-2-6-19(21)20-7-3-5-9-22(20)23/h2-13,16,23,26H,14-15H2,1H3,(H,25,27). The van der Waals surface area contributed by atoms with Crippen molar-refractivity contribution >= 4 is 6.09 Å². The summed E-state index contributed by atoms with van der Waals surface area (Å²) in [4.78, 5) is 12.2. The molecule has 4 rings (SSSR count). The highest BCUT2D eigenvalue weighted by Gasteiger charge is 2.28. The molecule has 1 amide bonds. The summed E-state index contributed by atoms with van der Waals surface area (Å²) in [7, 11) is 0. The third-order valence-corrected chi connectivity index (χ3v) is 5.24. The Balaban J connectivity index is 1.37. The van der Waals surface area contributed by atoms with Crippen LogP contribution in [0.5, 0.6) is 0 Å². The van der Waals surface area contributed by atoms with E-state index in [2.05, 4.69) is 29.6 Å². The lowest BCUT2D eigenvalue weighted by Gasteiger charge is -2.14. The molecular formula is C24H23NO3. The molecule has 0 spiro atoms. The molecule has 3 aromatic carbocycles. The Bertz CT molecular complexity index is 934. The average molecular weight is 373 g/mol. The topological polar surface area (TPSA) is 58.6 Å². The van der Waals surface area contributed by atoms with Crippen LogP contribution in [0, 0.1) is 0 Å². The van der Waals surface area contributed by atoms with E-state index in [-0.39, 0.29) is 5.92 Å². The number of alkyl carbamates (subject to hydrolysis) is 1. The van der Waals surface area contributed by atoms with Gasteiger partial charge in [-0.1, -0.05) is 72.8 Å². The quantitative estimate of drug-likeness (QED) is 0.677. The lowest BCUT2D eigenvalue weighted by molar-refractivity contribution is 0.142. The minimum Gasteiger partial charge on any atom is -0.449 e. The zero-order chi connectivity index (χ0) is 19.5. The second-order valence-electron chi connectivity index (χ2n) is 7.10. The van der Waals surface area contributed by atoms with Crippen molar-refractivity contribution in [1.29, 1.82) is 0 Å². The average Bonchev–Trinajstić information content (AvgIpc) is 3.05. The summed E-state index contributed by atoms with van der Waals surface area (Å²) >= 11 is 0. The van der Waals surface area contributed by atoms with E-state index in [0.29, 0.717) is 13.2 Å². The number of aliphatic hydroxyl groups excluding tert-OH is 1. The van der Waals surface area contributed by atoms with Gasteiger partial charge in [-0.25, -0.2) is 4.79 Å². The fourth-order valence-electron chi connectivity index (χ4n) is 3.74. The maximum Gasteiger partial charge on any atom is 0.407 e. The van der Waals surface area contributed by atoms with Crippen molar-refractivity contribution in [2.45, 2.75) is 25.5 Å². The molecule has 0 fully saturated rings. The molecule has 0 aliphatic heterocycles. The van der Waals surface area contributed by atoms with Crippen LogP contribution < -0.4 is 5.32 Å². The molecule has 1 atom stereocenters. The molecule has 142 valence electrons. The Kier molecular flexibility index (Phi) is 5.13. The van der Waals surface area contributed by atoms with E-state index in [4.69, 9.17) is 4.74 Å². The smallest absolute Gasteiger partial charge is 0.407 e. The van der Waals surface area contributed by atoms with Gasteiger partial charge in [0.2, 0.25) is 0 Å². The van der Waals surface area contributed by atoms with Gasteiger partial charge < -0.3 is 15.2 Å². The van der Waals surface area contributed by atoms with Crippen molar-refractivity contribution < 1.29 is 14.6 Å². The van der Waals surface area contributed by atoms with Crippen molar-refractivity contribution in [2.75, 3.05) is 6.61 Å². The molecule has 1 aliphatic rings. The van der Waals surface area contributed by atoms with E-state index in [0.717, 1.165) is 11.1 Å². The monoisotopic (exact) mass is 373 g/mol. The van der Waals surface area contributed by atoms with Gasteiger partial charge in [-0.3, -0.25) is 0 Å². The van der Waals surface area contributed by atoms with Crippen molar-refractivity contribution in [2.24, 2.45) is 0 Å². The number of benzene rings is 3. The number of hydrogen-bond acceptors (Lipinski definition) is 3. The zero-order valence-electron chi connectivity index (χ0n) is 15.8. The normalized spacial score (nSPS) is 13.5. The molecule has 0 heterocycles. The lowest BCUT2D eigenvalue weighted by Crippen LogP contribution is -2.25. The number of carbonyl (C=O) groups is 1. The minimum atomic E-state index is -0.496. The molecule has 0 bridgehead atoms. The first kappa shape index (κ1) is 18.3. The van der Waals surface area contributed by atoms with Gasteiger partial charge in [0.25, 0.3) is 0 Å². The maximum atomic E-state index is 12.2. The van der Waals surface area contributed by atoms with Gasteiger partial charge in [-0.05, 0) is 40.3 Å². The molecule has 0 radical (unpaired) electrons. The highest BCUT2D eigenvalue weighted by molar-refractivity contribution is 5.79. The van der Waals surface area contributed by atoms with Gasteiger partial charge in [0.15, 0.2) is 0 Å². The zero-order valence-corrected chi connectivity index (χ0v) is 15.8. The second-order valence-corrected chi connectivity index (χ2v) is 7.10. The van der Waals surface area contributed by atoms with E-state index in [9.17, 15) is 9.90 Å². The van der Waals surface area contributed by atoms with E-state index < -0.39 is 12.2 Å². The van der Waals surface area contributed by atoms with Gasteiger partial charge in [-0.2, -0.15) is 0 Å². The van der Waals surface area contributed by atoms with E-state index >= 15 is 0 Å². The van der Waals surface area contributed by atoms with Crippen molar-refractivity contribution in [3.05, 3.63) is 95.1 Å². The predicted octanol–water partition coefficient (Wildman–Crippen LogP) is 4.78. The Hall–Kier alpha value is -3.11. The number of aliphatic hydroxyl groups is 1. The molecule has 0 saturated carbocycles. The van der Waals surface area contributed by atoms with Crippen LogP contribution in [0.2, 0.25) is 0 Å². The third-order valence-electron chi connectivity index (χ3n) is 5.24. The van der Waals surface area contributed by atoms with E-state index in [1.165, 1.54) is 22.3 Å². The van der Waals surface area contributed by atoms with Gasteiger partial charge in [0.1, 0.15) is 6.61 Å². The molecular weight excluding hydrogens is 350 g/mol. The maximum absolute atomic E-state index is 12.2. The molecule has 4 nitrogen and oxygen atoms in total. The molecule has 0 saturated heterocycles. The fraction of sp³-hybridized carbons (Fsp3) is 0.208. The minimum absolute atomic E-state index is 0.0588. The summed E-state index contributed by atoms with van der Waals surface area (Å²) < 4.78 is 5.53.